The van der Waals surface area contributed by atoms with Gasteiger partial charge in [0.05, 0.1) is 5.41 Å². The number of hydrogen-bond acceptors (Lipinski definition) is 4. The highest BCUT2D eigenvalue weighted by molar-refractivity contribution is 5.94. The second-order valence-electron chi connectivity index (χ2n) is 6.95. The van der Waals surface area contributed by atoms with Crippen molar-refractivity contribution in [1.82, 2.24) is 10.2 Å². The predicted octanol–water partition coefficient (Wildman–Crippen LogP) is 2.54. The minimum absolute atomic E-state index is 0.0257. The lowest BCUT2D eigenvalue weighted by Crippen LogP contribution is -2.46. The third kappa shape index (κ3) is 3.75. The van der Waals surface area contributed by atoms with Crippen LogP contribution in [0.2, 0.25) is 0 Å². The Kier molecular flexibility index (Phi) is 5.33. The molecular weight excluding hydrogens is 292 g/mol. The molecule has 2 fully saturated rings. The third-order valence-electron chi connectivity index (χ3n) is 5.46. The van der Waals surface area contributed by atoms with Crippen LogP contribution >= 0.6 is 0 Å². The second-order valence-corrected chi connectivity index (χ2v) is 6.95. The van der Waals surface area contributed by atoms with Gasteiger partial charge in [-0.1, -0.05) is 25.7 Å². The highest BCUT2D eigenvalue weighted by atomic mass is 16.5. The highest BCUT2D eigenvalue weighted by Crippen LogP contribution is 2.33. The largest absolute Gasteiger partial charge is 0.381 e. The van der Waals surface area contributed by atoms with Crippen LogP contribution in [0.3, 0.4) is 0 Å². The van der Waals surface area contributed by atoms with E-state index in [9.17, 15) is 4.79 Å². The number of nitrogens with zero attached hydrogens (tertiary/aromatic N) is 1. The SMILES string of the molecule is NCC1(C(=O)Nc2cc(C3CCCCCC3)[nH]n2)CCOCC1. The Morgan fingerprint density at radius 1 is 1.30 bits per heavy atom. The summed E-state index contributed by atoms with van der Waals surface area (Å²) in [6, 6.07) is 2.00. The number of anilines is 1. The Morgan fingerprint density at radius 2 is 2.00 bits per heavy atom. The maximum Gasteiger partial charge on any atom is 0.233 e. The van der Waals surface area contributed by atoms with Crippen LogP contribution < -0.4 is 11.1 Å². The molecule has 0 spiro atoms. The summed E-state index contributed by atoms with van der Waals surface area (Å²) in [5, 5.41) is 10.4. The molecule has 0 bridgehead atoms. The summed E-state index contributed by atoms with van der Waals surface area (Å²) >= 11 is 0. The molecule has 0 unspecified atom stereocenters. The summed E-state index contributed by atoms with van der Waals surface area (Å²) in [7, 11) is 0. The molecule has 2 heterocycles. The monoisotopic (exact) mass is 320 g/mol. The number of carbonyl (C=O) groups is 1. The van der Waals surface area contributed by atoms with Gasteiger partial charge < -0.3 is 15.8 Å². The van der Waals surface area contributed by atoms with Gasteiger partial charge in [0.15, 0.2) is 5.82 Å². The van der Waals surface area contributed by atoms with Crippen LogP contribution in [0.1, 0.15) is 63.0 Å². The molecule has 0 atom stereocenters. The van der Waals surface area contributed by atoms with E-state index in [-0.39, 0.29) is 5.91 Å². The fourth-order valence-electron chi connectivity index (χ4n) is 3.74. The first-order valence-corrected chi connectivity index (χ1v) is 8.88. The molecule has 128 valence electrons. The Balaban J connectivity index is 1.64. The quantitative estimate of drug-likeness (QED) is 0.743. The number of nitrogens with one attached hydrogen (secondary N) is 2. The van der Waals surface area contributed by atoms with Crippen LogP contribution in [0.4, 0.5) is 5.82 Å². The molecule has 0 aromatic carbocycles. The number of H-pyrrole nitrogens is 1. The van der Waals surface area contributed by atoms with Gasteiger partial charge in [-0.3, -0.25) is 9.89 Å². The van der Waals surface area contributed by atoms with Gasteiger partial charge in [-0.2, -0.15) is 5.10 Å². The molecule has 1 aromatic rings. The zero-order valence-electron chi connectivity index (χ0n) is 13.8. The first-order valence-electron chi connectivity index (χ1n) is 8.88. The number of hydrogen-bond donors (Lipinski definition) is 3. The smallest absolute Gasteiger partial charge is 0.233 e. The van der Waals surface area contributed by atoms with E-state index in [2.05, 4.69) is 15.5 Å². The zero-order chi connectivity index (χ0) is 16.1. The van der Waals surface area contributed by atoms with Crippen molar-refractivity contribution in [3.8, 4) is 0 Å². The average molecular weight is 320 g/mol. The summed E-state index contributed by atoms with van der Waals surface area (Å²) in [6.07, 6.45) is 8.98. The number of aromatic nitrogens is 2. The Hall–Kier alpha value is -1.40. The zero-order valence-corrected chi connectivity index (χ0v) is 13.8. The molecule has 1 saturated carbocycles. The average Bonchev–Trinajstić information content (AvgIpc) is 2.88. The predicted molar refractivity (Wildman–Crippen MR) is 89.2 cm³/mol. The van der Waals surface area contributed by atoms with E-state index in [1.807, 2.05) is 6.07 Å². The molecule has 1 aliphatic carbocycles. The van der Waals surface area contributed by atoms with E-state index in [4.69, 9.17) is 10.5 Å². The topological polar surface area (TPSA) is 93.0 Å². The van der Waals surface area contributed by atoms with Crippen molar-refractivity contribution in [2.24, 2.45) is 11.1 Å². The van der Waals surface area contributed by atoms with E-state index in [1.54, 1.807) is 0 Å². The van der Waals surface area contributed by atoms with Gasteiger partial charge in [0.25, 0.3) is 0 Å². The lowest BCUT2D eigenvalue weighted by Gasteiger charge is -2.34. The molecule has 6 heteroatoms. The van der Waals surface area contributed by atoms with Crippen LogP contribution in [0.15, 0.2) is 6.07 Å². The van der Waals surface area contributed by atoms with E-state index in [1.165, 1.54) is 38.5 Å². The van der Waals surface area contributed by atoms with Gasteiger partial charge in [0.2, 0.25) is 5.91 Å². The van der Waals surface area contributed by atoms with E-state index in [0.29, 0.717) is 44.3 Å². The fourth-order valence-corrected chi connectivity index (χ4v) is 3.74. The summed E-state index contributed by atoms with van der Waals surface area (Å²) in [5.74, 6) is 1.14. The standard InChI is InChI=1S/C17H28N4O2/c18-12-17(7-9-23-10-8-17)16(22)19-15-11-14(20-21-15)13-5-3-1-2-4-6-13/h11,13H,1-10,12,18H2,(H2,19,20,21,22). The van der Waals surface area contributed by atoms with Gasteiger partial charge >= 0.3 is 0 Å². The third-order valence-corrected chi connectivity index (χ3v) is 5.46. The molecule has 1 aliphatic heterocycles. The van der Waals surface area contributed by atoms with Crippen molar-refractivity contribution in [1.29, 1.82) is 0 Å². The van der Waals surface area contributed by atoms with Crippen molar-refractivity contribution in [3.05, 3.63) is 11.8 Å². The first kappa shape index (κ1) is 16.5. The number of rotatable bonds is 4. The summed E-state index contributed by atoms with van der Waals surface area (Å²) in [5.41, 5.74) is 6.52. The van der Waals surface area contributed by atoms with Crippen LogP contribution in [0.5, 0.6) is 0 Å². The van der Waals surface area contributed by atoms with E-state index in [0.717, 1.165) is 5.69 Å². The molecule has 1 amide bonds. The lowest BCUT2D eigenvalue weighted by molar-refractivity contribution is -0.130. The Morgan fingerprint density at radius 3 is 2.65 bits per heavy atom. The van der Waals surface area contributed by atoms with Crippen LogP contribution in [-0.4, -0.2) is 35.9 Å². The highest BCUT2D eigenvalue weighted by Gasteiger charge is 2.39. The Bertz CT molecular complexity index is 514. The number of aromatic amines is 1. The van der Waals surface area contributed by atoms with Gasteiger partial charge in [-0.25, -0.2) is 0 Å². The van der Waals surface area contributed by atoms with Gasteiger partial charge in [-0.15, -0.1) is 0 Å². The summed E-state index contributed by atoms with van der Waals surface area (Å²) in [4.78, 5) is 12.7. The van der Waals surface area contributed by atoms with Crippen molar-refractivity contribution < 1.29 is 9.53 Å². The number of carbonyl (C=O) groups excluding carboxylic acids is 1. The minimum Gasteiger partial charge on any atom is -0.381 e. The van der Waals surface area contributed by atoms with Crippen molar-refractivity contribution >= 4 is 11.7 Å². The molecule has 0 radical (unpaired) electrons. The molecule has 3 rings (SSSR count). The summed E-state index contributed by atoms with van der Waals surface area (Å²) in [6.45, 7) is 1.54. The lowest BCUT2D eigenvalue weighted by atomic mass is 9.79. The van der Waals surface area contributed by atoms with Crippen LogP contribution in [-0.2, 0) is 9.53 Å². The summed E-state index contributed by atoms with van der Waals surface area (Å²) < 4.78 is 5.36. The van der Waals surface area contributed by atoms with Crippen LogP contribution in [0.25, 0.3) is 0 Å². The first-order chi connectivity index (χ1) is 11.2. The second kappa shape index (κ2) is 7.45. The van der Waals surface area contributed by atoms with Crippen molar-refractivity contribution in [2.75, 3.05) is 25.1 Å². The molecular formula is C17H28N4O2. The fraction of sp³-hybridized carbons (Fsp3) is 0.765. The molecule has 2 aliphatic rings. The number of amides is 1. The van der Waals surface area contributed by atoms with Gasteiger partial charge in [0.1, 0.15) is 0 Å². The molecule has 6 nitrogen and oxygen atoms in total. The normalized spacial score (nSPS) is 22.5. The Labute approximate surface area is 137 Å². The molecule has 1 aromatic heterocycles. The van der Waals surface area contributed by atoms with Crippen molar-refractivity contribution in [2.45, 2.75) is 57.3 Å². The van der Waals surface area contributed by atoms with Crippen molar-refractivity contribution in [3.63, 3.8) is 0 Å². The molecule has 23 heavy (non-hydrogen) atoms. The van der Waals surface area contributed by atoms with Gasteiger partial charge in [-0.05, 0) is 25.7 Å². The van der Waals surface area contributed by atoms with Gasteiger partial charge in [0, 0.05) is 37.4 Å². The number of nitrogens with two attached hydrogens (primary N) is 1. The molecule has 4 N–H and O–H groups in total. The van der Waals surface area contributed by atoms with E-state index < -0.39 is 5.41 Å². The maximum absolute atomic E-state index is 12.7. The maximum atomic E-state index is 12.7. The minimum atomic E-state index is -0.514. The van der Waals surface area contributed by atoms with E-state index >= 15 is 0 Å². The van der Waals surface area contributed by atoms with Crippen LogP contribution in [0, 0.1) is 5.41 Å². The molecule has 1 saturated heterocycles. The number of ether oxygens (including phenoxy) is 1.